The van der Waals surface area contributed by atoms with Gasteiger partial charge in [0.15, 0.2) is 0 Å². The van der Waals surface area contributed by atoms with Crippen LogP contribution < -0.4 is 10.6 Å². The predicted molar refractivity (Wildman–Crippen MR) is 99.9 cm³/mol. The number of anilines is 1. The molecule has 0 aromatic heterocycles. The monoisotopic (exact) mass is 353 g/mol. The van der Waals surface area contributed by atoms with E-state index in [0.717, 1.165) is 30.6 Å². The molecule has 1 aromatic carbocycles. The summed E-state index contributed by atoms with van der Waals surface area (Å²) in [6, 6.07) is 5.81. The highest BCUT2D eigenvalue weighted by Crippen LogP contribution is 2.22. The Morgan fingerprint density at radius 1 is 1.29 bits per heavy atom. The van der Waals surface area contributed by atoms with Gasteiger partial charge in [0.2, 0.25) is 5.91 Å². The van der Waals surface area contributed by atoms with E-state index in [1.54, 1.807) is 0 Å². The maximum absolute atomic E-state index is 12.7. The molecule has 1 unspecified atom stereocenters. The molecule has 6 heteroatoms. The third kappa shape index (κ3) is 5.21. The molecule has 134 valence electrons. The van der Waals surface area contributed by atoms with Crippen molar-refractivity contribution >= 4 is 29.9 Å². The van der Waals surface area contributed by atoms with Crippen molar-refractivity contribution in [1.29, 1.82) is 0 Å². The van der Waals surface area contributed by atoms with Crippen molar-refractivity contribution in [2.45, 2.75) is 45.6 Å². The molecule has 5 nitrogen and oxygen atoms in total. The van der Waals surface area contributed by atoms with E-state index in [2.05, 4.69) is 17.6 Å². The summed E-state index contributed by atoms with van der Waals surface area (Å²) < 4.78 is 0. The second-order valence-electron chi connectivity index (χ2n) is 6.27. The molecule has 1 heterocycles. The SMILES string of the molecule is CNCCC(=O)Nc1ccc(C(=O)N2CCCCC2C)cc1C.Cl. The third-order valence-electron chi connectivity index (χ3n) is 4.41. The standard InChI is InChI=1S/C18H27N3O2.ClH/c1-13-12-15(18(23)21-11-5-4-6-14(21)2)7-8-16(13)20-17(22)9-10-19-3;/h7-8,12,14,19H,4-6,9-11H2,1-3H3,(H,20,22);1H. The number of piperidine rings is 1. The van der Waals surface area contributed by atoms with Crippen LogP contribution in [0.5, 0.6) is 0 Å². The quantitative estimate of drug-likeness (QED) is 0.855. The minimum absolute atomic E-state index is 0. The molecule has 1 saturated heterocycles. The number of rotatable bonds is 5. The normalized spacial score (nSPS) is 17.1. The van der Waals surface area contributed by atoms with Gasteiger partial charge < -0.3 is 15.5 Å². The molecule has 2 N–H and O–H groups in total. The van der Waals surface area contributed by atoms with Crippen LogP contribution in [-0.2, 0) is 4.79 Å². The van der Waals surface area contributed by atoms with E-state index in [1.165, 1.54) is 6.42 Å². The fourth-order valence-corrected chi connectivity index (χ4v) is 2.95. The number of aryl methyl sites for hydroxylation is 1. The zero-order valence-electron chi connectivity index (χ0n) is 14.7. The van der Waals surface area contributed by atoms with E-state index < -0.39 is 0 Å². The molecule has 1 fully saturated rings. The lowest BCUT2D eigenvalue weighted by atomic mass is 10.0. The molecule has 2 amide bonds. The Morgan fingerprint density at radius 3 is 2.67 bits per heavy atom. The average molecular weight is 354 g/mol. The van der Waals surface area contributed by atoms with Gasteiger partial charge in [-0.2, -0.15) is 0 Å². The maximum atomic E-state index is 12.7. The number of carbonyl (C=O) groups excluding carboxylic acids is 2. The van der Waals surface area contributed by atoms with Gasteiger partial charge in [0, 0.05) is 36.8 Å². The molecule has 1 aromatic rings. The van der Waals surface area contributed by atoms with E-state index in [9.17, 15) is 9.59 Å². The number of nitrogens with one attached hydrogen (secondary N) is 2. The maximum Gasteiger partial charge on any atom is 0.254 e. The van der Waals surface area contributed by atoms with Crippen molar-refractivity contribution in [3.8, 4) is 0 Å². The Labute approximate surface area is 150 Å². The molecule has 0 bridgehead atoms. The van der Waals surface area contributed by atoms with E-state index in [-0.39, 0.29) is 24.2 Å². The molecule has 1 aliphatic heterocycles. The van der Waals surface area contributed by atoms with Crippen LogP contribution >= 0.6 is 12.4 Å². The first-order valence-corrected chi connectivity index (χ1v) is 8.39. The first kappa shape index (κ1) is 20.5. The molecular formula is C18H28ClN3O2. The number of halogens is 1. The highest BCUT2D eigenvalue weighted by molar-refractivity contribution is 5.96. The second kappa shape index (κ2) is 9.64. The summed E-state index contributed by atoms with van der Waals surface area (Å²) in [5, 5.41) is 5.85. The molecule has 1 aliphatic rings. The lowest BCUT2D eigenvalue weighted by molar-refractivity contribution is -0.116. The molecule has 0 aliphatic carbocycles. The van der Waals surface area contributed by atoms with Gasteiger partial charge in [-0.25, -0.2) is 0 Å². The molecule has 1 atom stereocenters. The second-order valence-corrected chi connectivity index (χ2v) is 6.27. The van der Waals surface area contributed by atoms with Crippen molar-refractivity contribution in [2.75, 3.05) is 25.5 Å². The van der Waals surface area contributed by atoms with E-state index >= 15 is 0 Å². The minimum atomic E-state index is -0.0221. The number of carbonyl (C=O) groups is 2. The average Bonchev–Trinajstić information content (AvgIpc) is 2.54. The van der Waals surface area contributed by atoms with Gasteiger partial charge in [-0.1, -0.05) is 0 Å². The number of amides is 2. The fraction of sp³-hybridized carbons (Fsp3) is 0.556. The third-order valence-corrected chi connectivity index (χ3v) is 4.41. The Kier molecular flexibility index (Phi) is 8.22. The van der Waals surface area contributed by atoms with Crippen LogP contribution in [0.3, 0.4) is 0 Å². The van der Waals surface area contributed by atoms with Crippen LogP contribution in [0.1, 0.15) is 48.5 Å². The molecule has 24 heavy (non-hydrogen) atoms. The predicted octanol–water partition coefficient (Wildman–Crippen LogP) is 2.98. The number of nitrogens with zero attached hydrogens (tertiary/aromatic N) is 1. The number of benzene rings is 1. The largest absolute Gasteiger partial charge is 0.336 e. The lowest BCUT2D eigenvalue weighted by Gasteiger charge is -2.33. The summed E-state index contributed by atoms with van der Waals surface area (Å²) in [6.45, 7) is 5.51. The van der Waals surface area contributed by atoms with Gasteiger partial charge in [0.1, 0.15) is 0 Å². The summed E-state index contributed by atoms with van der Waals surface area (Å²) in [5.41, 5.74) is 2.39. The summed E-state index contributed by atoms with van der Waals surface area (Å²) in [7, 11) is 1.82. The van der Waals surface area contributed by atoms with Crippen LogP contribution in [0.15, 0.2) is 18.2 Å². The number of hydrogen-bond acceptors (Lipinski definition) is 3. The summed E-state index contributed by atoms with van der Waals surface area (Å²) in [6.07, 6.45) is 3.78. The van der Waals surface area contributed by atoms with E-state index in [0.29, 0.717) is 24.6 Å². The Balaban J connectivity index is 0.00000288. The topological polar surface area (TPSA) is 61.4 Å². The molecular weight excluding hydrogens is 326 g/mol. The Bertz CT molecular complexity index is 577. The fourth-order valence-electron chi connectivity index (χ4n) is 2.95. The van der Waals surface area contributed by atoms with Crippen LogP contribution in [-0.4, -0.2) is 42.9 Å². The summed E-state index contributed by atoms with van der Waals surface area (Å²) >= 11 is 0. The Morgan fingerprint density at radius 2 is 2.04 bits per heavy atom. The molecule has 2 rings (SSSR count). The van der Waals surface area contributed by atoms with E-state index in [4.69, 9.17) is 0 Å². The molecule has 0 spiro atoms. The smallest absolute Gasteiger partial charge is 0.254 e. The van der Waals surface area contributed by atoms with Crippen molar-refractivity contribution in [3.63, 3.8) is 0 Å². The van der Waals surface area contributed by atoms with Gasteiger partial charge in [-0.3, -0.25) is 9.59 Å². The summed E-state index contributed by atoms with van der Waals surface area (Å²) in [5.74, 6) is 0.0690. The zero-order valence-corrected chi connectivity index (χ0v) is 15.5. The van der Waals surface area contributed by atoms with Crippen molar-refractivity contribution in [2.24, 2.45) is 0 Å². The highest BCUT2D eigenvalue weighted by Gasteiger charge is 2.24. The van der Waals surface area contributed by atoms with Crippen molar-refractivity contribution in [3.05, 3.63) is 29.3 Å². The molecule has 0 saturated carbocycles. The van der Waals surface area contributed by atoms with Crippen LogP contribution in [0.4, 0.5) is 5.69 Å². The van der Waals surface area contributed by atoms with Gasteiger partial charge in [-0.15, -0.1) is 12.4 Å². The first-order chi connectivity index (χ1) is 11.0. The van der Waals surface area contributed by atoms with Gasteiger partial charge in [0.05, 0.1) is 0 Å². The zero-order chi connectivity index (χ0) is 16.8. The van der Waals surface area contributed by atoms with Gasteiger partial charge in [0.25, 0.3) is 5.91 Å². The van der Waals surface area contributed by atoms with Gasteiger partial charge >= 0.3 is 0 Å². The molecule has 0 radical (unpaired) electrons. The highest BCUT2D eigenvalue weighted by atomic mass is 35.5. The Hall–Kier alpha value is -1.59. The van der Waals surface area contributed by atoms with Gasteiger partial charge in [-0.05, 0) is 63.9 Å². The lowest BCUT2D eigenvalue weighted by Crippen LogP contribution is -2.42. The van der Waals surface area contributed by atoms with E-state index in [1.807, 2.05) is 37.1 Å². The first-order valence-electron chi connectivity index (χ1n) is 8.39. The van der Waals surface area contributed by atoms with Crippen molar-refractivity contribution < 1.29 is 9.59 Å². The van der Waals surface area contributed by atoms with Crippen LogP contribution in [0.2, 0.25) is 0 Å². The minimum Gasteiger partial charge on any atom is -0.336 e. The number of hydrogen-bond donors (Lipinski definition) is 2. The summed E-state index contributed by atoms with van der Waals surface area (Å²) in [4.78, 5) is 26.4. The van der Waals surface area contributed by atoms with Crippen LogP contribution in [0, 0.1) is 6.92 Å². The number of likely N-dealkylation sites (tertiary alicyclic amines) is 1. The van der Waals surface area contributed by atoms with Crippen molar-refractivity contribution in [1.82, 2.24) is 10.2 Å². The van der Waals surface area contributed by atoms with Crippen LogP contribution in [0.25, 0.3) is 0 Å².